The molecule has 0 bridgehead atoms. The molecule has 0 saturated carbocycles. The first-order chi connectivity index (χ1) is 14.0. The van der Waals surface area contributed by atoms with E-state index in [0.29, 0.717) is 22.6 Å². The van der Waals surface area contributed by atoms with Gasteiger partial charge in [-0.3, -0.25) is 4.40 Å². The van der Waals surface area contributed by atoms with Gasteiger partial charge in [-0.05, 0) is 43.3 Å². The van der Waals surface area contributed by atoms with E-state index in [9.17, 15) is 14.0 Å². The van der Waals surface area contributed by atoms with Gasteiger partial charge in [-0.2, -0.15) is 5.26 Å². The van der Waals surface area contributed by atoms with Crippen molar-refractivity contribution in [3.05, 3.63) is 71.8 Å². The number of hydrogen-bond donors (Lipinski definition) is 2. The summed E-state index contributed by atoms with van der Waals surface area (Å²) in [6.07, 6.45) is 2.58. The number of fused-ring (bicyclic) bond motifs is 1. The molecule has 144 valence electrons. The van der Waals surface area contributed by atoms with Gasteiger partial charge in [-0.15, -0.1) is 0 Å². The highest BCUT2D eigenvalue weighted by molar-refractivity contribution is 5.69. The normalized spacial score (nSPS) is 11.9. The van der Waals surface area contributed by atoms with E-state index in [1.165, 1.54) is 30.7 Å². The van der Waals surface area contributed by atoms with Crippen LogP contribution in [-0.2, 0) is 0 Å². The maximum atomic E-state index is 13.9. The average molecular weight is 391 g/mol. The Morgan fingerprint density at radius 3 is 2.55 bits per heavy atom. The SMILES string of the molecule is CC(Nc1ncnc(N)c1C#N)c1nc2ccc(F)cn2c1-c1ccc(F)cc1. The summed E-state index contributed by atoms with van der Waals surface area (Å²) in [5.74, 6) is -0.480. The monoisotopic (exact) mass is 391 g/mol. The average Bonchev–Trinajstić information content (AvgIpc) is 3.07. The summed E-state index contributed by atoms with van der Waals surface area (Å²) in [5, 5.41) is 12.5. The van der Waals surface area contributed by atoms with Crippen LogP contribution in [0.5, 0.6) is 0 Å². The van der Waals surface area contributed by atoms with E-state index < -0.39 is 11.9 Å². The Balaban J connectivity index is 1.85. The Morgan fingerprint density at radius 2 is 1.83 bits per heavy atom. The molecule has 0 aliphatic rings. The largest absolute Gasteiger partial charge is 0.382 e. The van der Waals surface area contributed by atoms with Crippen LogP contribution in [-0.4, -0.2) is 19.4 Å². The fourth-order valence-electron chi connectivity index (χ4n) is 3.13. The summed E-state index contributed by atoms with van der Waals surface area (Å²) in [4.78, 5) is 12.5. The molecule has 0 saturated heterocycles. The van der Waals surface area contributed by atoms with Crippen molar-refractivity contribution in [2.45, 2.75) is 13.0 Å². The van der Waals surface area contributed by atoms with Crippen LogP contribution in [0.15, 0.2) is 48.9 Å². The second-order valence-corrected chi connectivity index (χ2v) is 6.39. The van der Waals surface area contributed by atoms with E-state index in [0.717, 1.165) is 0 Å². The zero-order valence-electron chi connectivity index (χ0n) is 15.3. The van der Waals surface area contributed by atoms with Crippen LogP contribution in [0.3, 0.4) is 0 Å². The molecule has 1 aromatic carbocycles. The number of nitriles is 1. The van der Waals surface area contributed by atoms with Gasteiger partial charge in [0.15, 0.2) is 0 Å². The summed E-state index contributed by atoms with van der Waals surface area (Å²) < 4.78 is 28.9. The Morgan fingerprint density at radius 1 is 1.10 bits per heavy atom. The van der Waals surface area contributed by atoms with E-state index in [1.807, 2.05) is 13.0 Å². The molecule has 4 aromatic rings. The quantitative estimate of drug-likeness (QED) is 0.550. The third-order valence-electron chi connectivity index (χ3n) is 4.48. The molecule has 3 N–H and O–H groups in total. The second kappa shape index (κ2) is 7.16. The van der Waals surface area contributed by atoms with Gasteiger partial charge in [0.05, 0.1) is 17.4 Å². The van der Waals surface area contributed by atoms with Gasteiger partial charge in [0.2, 0.25) is 0 Å². The van der Waals surface area contributed by atoms with Crippen molar-refractivity contribution in [1.82, 2.24) is 19.4 Å². The van der Waals surface area contributed by atoms with Gasteiger partial charge in [-0.1, -0.05) is 0 Å². The van der Waals surface area contributed by atoms with Crippen molar-refractivity contribution in [2.24, 2.45) is 0 Å². The van der Waals surface area contributed by atoms with Crippen LogP contribution >= 0.6 is 0 Å². The number of halogens is 2. The molecule has 29 heavy (non-hydrogen) atoms. The smallest absolute Gasteiger partial charge is 0.150 e. The van der Waals surface area contributed by atoms with Crippen molar-refractivity contribution in [2.75, 3.05) is 11.1 Å². The fourth-order valence-corrected chi connectivity index (χ4v) is 3.13. The second-order valence-electron chi connectivity index (χ2n) is 6.39. The number of imidazole rings is 1. The number of pyridine rings is 1. The van der Waals surface area contributed by atoms with E-state index in [-0.39, 0.29) is 23.0 Å². The molecule has 0 radical (unpaired) electrons. The first kappa shape index (κ1) is 18.3. The minimum Gasteiger partial charge on any atom is -0.382 e. The number of anilines is 2. The van der Waals surface area contributed by atoms with E-state index >= 15 is 0 Å². The predicted molar refractivity (Wildman–Crippen MR) is 104 cm³/mol. The third kappa shape index (κ3) is 3.32. The van der Waals surface area contributed by atoms with Crippen molar-refractivity contribution in [1.29, 1.82) is 5.26 Å². The highest BCUT2D eigenvalue weighted by atomic mass is 19.1. The lowest BCUT2D eigenvalue weighted by molar-refractivity contribution is 0.619. The molecule has 0 aliphatic heterocycles. The number of benzene rings is 1. The molecule has 3 aromatic heterocycles. The van der Waals surface area contributed by atoms with Gasteiger partial charge in [0.25, 0.3) is 0 Å². The number of rotatable bonds is 4. The van der Waals surface area contributed by atoms with Crippen LogP contribution in [0.4, 0.5) is 20.4 Å². The molecule has 9 heteroatoms. The molecule has 4 rings (SSSR count). The van der Waals surface area contributed by atoms with Crippen molar-refractivity contribution in [3.8, 4) is 17.3 Å². The summed E-state index contributed by atoms with van der Waals surface area (Å²) in [5.41, 5.74) is 8.23. The van der Waals surface area contributed by atoms with Gasteiger partial charge in [0, 0.05) is 11.8 Å². The number of hydrogen-bond acceptors (Lipinski definition) is 6. The summed E-state index contributed by atoms with van der Waals surface area (Å²) in [7, 11) is 0. The molecule has 0 amide bonds. The van der Waals surface area contributed by atoms with E-state index in [2.05, 4.69) is 20.3 Å². The molecule has 0 fully saturated rings. The summed E-state index contributed by atoms with van der Waals surface area (Å²) in [6, 6.07) is 10.3. The standard InChI is InChI=1S/C20H15F2N7/c1-11(27-20-15(8-23)19(24)25-10-26-20)17-18(12-2-4-13(21)5-3-12)29-9-14(22)6-7-16(29)28-17/h2-7,9-11H,1H3,(H3,24,25,26,27). The third-order valence-corrected chi connectivity index (χ3v) is 4.48. The Hall–Kier alpha value is -4.06. The van der Waals surface area contributed by atoms with Gasteiger partial charge >= 0.3 is 0 Å². The van der Waals surface area contributed by atoms with Gasteiger partial charge in [-0.25, -0.2) is 23.7 Å². The van der Waals surface area contributed by atoms with Crippen LogP contribution in [0.1, 0.15) is 24.2 Å². The number of nitrogens with two attached hydrogens (primary N) is 1. The summed E-state index contributed by atoms with van der Waals surface area (Å²) in [6.45, 7) is 1.82. The molecule has 0 spiro atoms. The van der Waals surface area contributed by atoms with Crippen LogP contribution < -0.4 is 11.1 Å². The highest BCUT2D eigenvalue weighted by Crippen LogP contribution is 2.32. The molecular weight excluding hydrogens is 376 g/mol. The molecule has 7 nitrogen and oxygen atoms in total. The minimum atomic E-state index is -0.431. The Bertz CT molecular complexity index is 1240. The molecule has 0 aliphatic carbocycles. The van der Waals surface area contributed by atoms with Crippen molar-refractivity contribution < 1.29 is 8.78 Å². The fraction of sp³-hybridized carbons (Fsp3) is 0.100. The highest BCUT2D eigenvalue weighted by Gasteiger charge is 2.21. The van der Waals surface area contributed by atoms with Crippen LogP contribution in [0.2, 0.25) is 0 Å². The number of nitrogens with one attached hydrogen (secondary N) is 1. The zero-order chi connectivity index (χ0) is 20.5. The van der Waals surface area contributed by atoms with E-state index in [4.69, 9.17) is 5.73 Å². The minimum absolute atomic E-state index is 0.0630. The van der Waals surface area contributed by atoms with Crippen molar-refractivity contribution in [3.63, 3.8) is 0 Å². The first-order valence-corrected chi connectivity index (χ1v) is 8.68. The topological polar surface area (TPSA) is 105 Å². The van der Waals surface area contributed by atoms with Gasteiger partial charge in [0.1, 0.15) is 46.9 Å². The van der Waals surface area contributed by atoms with E-state index in [1.54, 1.807) is 22.6 Å². The number of nitrogen functional groups attached to an aromatic ring is 1. The first-order valence-electron chi connectivity index (χ1n) is 8.68. The predicted octanol–water partition coefficient (Wildman–Crippen LogP) is 3.70. The summed E-state index contributed by atoms with van der Waals surface area (Å²) >= 11 is 0. The van der Waals surface area contributed by atoms with Crippen molar-refractivity contribution >= 4 is 17.3 Å². The van der Waals surface area contributed by atoms with Gasteiger partial charge < -0.3 is 11.1 Å². The Labute approximate surface area is 164 Å². The lowest BCUT2D eigenvalue weighted by Crippen LogP contribution is -2.12. The zero-order valence-corrected chi connectivity index (χ0v) is 15.3. The number of aromatic nitrogens is 4. The molecule has 1 atom stereocenters. The lowest BCUT2D eigenvalue weighted by atomic mass is 10.1. The molecule has 1 unspecified atom stereocenters. The number of nitrogens with zero attached hydrogens (tertiary/aromatic N) is 5. The maximum absolute atomic E-state index is 13.9. The maximum Gasteiger partial charge on any atom is 0.150 e. The lowest BCUT2D eigenvalue weighted by Gasteiger charge is -2.16. The Kier molecular flexibility index (Phi) is 4.52. The molecule has 3 heterocycles. The molecular formula is C20H15F2N7. The van der Waals surface area contributed by atoms with Crippen LogP contribution in [0, 0.1) is 23.0 Å². The van der Waals surface area contributed by atoms with Crippen LogP contribution in [0.25, 0.3) is 16.9 Å².